The van der Waals surface area contributed by atoms with Crippen molar-refractivity contribution >= 4 is 11.6 Å². The third-order valence-corrected chi connectivity index (χ3v) is 7.32. The Hall–Kier alpha value is -3.15. The van der Waals surface area contributed by atoms with E-state index in [0.29, 0.717) is 23.2 Å². The molecular formula is C27H32N2O4. The molecule has 1 amide bonds. The molecule has 0 spiro atoms. The number of para-hydroxylation sites is 1. The van der Waals surface area contributed by atoms with Crippen molar-refractivity contribution in [2.24, 2.45) is 5.92 Å². The molecule has 2 aromatic carbocycles. The van der Waals surface area contributed by atoms with Crippen molar-refractivity contribution in [2.45, 2.75) is 37.6 Å². The molecule has 0 saturated carbocycles. The van der Waals surface area contributed by atoms with Crippen LogP contribution in [0.4, 0.5) is 5.69 Å². The first-order valence-corrected chi connectivity index (χ1v) is 11.8. The highest BCUT2D eigenvalue weighted by atomic mass is 16.5. The summed E-state index contributed by atoms with van der Waals surface area (Å²) in [6.45, 7) is 1.68. The quantitative estimate of drug-likeness (QED) is 0.640. The van der Waals surface area contributed by atoms with Crippen LogP contribution in [0, 0.1) is 5.92 Å². The van der Waals surface area contributed by atoms with Crippen LogP contribution >= 0.6 is 0 Å². The molecule has 2 aliphatic heterocycles. The molecule has 0 radical (unpaired) electrons. The molecule has 6 heteroatoms. The number of fused-ring (bicyclic) bond motifs is 3. The van der Waals surface area contributed by atoms with Crippen molar-refractivity contribution in [3.63, 3.8) is 0 Å². The summed E-state index contributed by atoms with van der Waals surface area (Å²) in [5, 5.41) is 3.77. The molecular weight excluding hydrogens is 416 g/mol. The van der Waals surface area contributed by atoms with Gasteiger partial charge in [0.05, 0.1) is 38.6 Å². The minimum atomic E-state index is 0.0153. The minimum absolute atomic E-state index is 0.0153. The van der Waals surface area contributed by atoms with Crippen LogP contribution in [0.15, 0.2) is 42.5 Å². The summed E-state index contributed by atoms with van der Waals surface area (Å²) >= 11 is 0. The third-order valence-electron chi connectivity index (χ3n) is 7.32. The van der Waals surface area contributed by atoms with Gasteiger partial charge in [-0.15, -0.1) is 0 Å². The normalized spacial score (nSPS) is 23.4. The number of amides is 1. The fourth-order valence-corrected chi connectivity index (χ4v) is 5.68. The first-order chi connectivity index (χ1) is 16.2. The second-order valence-corrected chi connectivity index (χ2v) is 9.06. The van der Waals surface area contributed by atoms with Gasteiger partial charge >= 0.3 is 0 Å². The van der Waals surface area contributed by atoms with Gasteiger partial charge in [-0.2, -0.15) is 0 Å². The second kappa shape index (κ2) is 9.00. The number of anilines is 1. The number of nitrogens with one attached hydrogen (secondary N) is 1. The molecule has 33 heavy (non-hydrogen) atoms. The van der Waals surface area contributed by atoms with Crippen LogP contribution in [0.2, 0.25) is 0 Å². The lowest BCUT2D eigenvalue weighted by Crippen LogP contribution is -2.37. The molecule has 6 nitrogen and oxygen atoms in total. The lowest BCUT2D eigenvalue weighted by Gasteiger charge is -2.39. The van der Waals surface area contributed by atoms with Gasteiger partial charge in [-0.3, -0.25) is 4.79 Å². The van der Waals surface area contributed by atoms with E-state index >= 15 is 0 Å². The molecule has 0 bridgehead atoms. The van der Waals surface area contributed by atoms with E-state index in [9.17, 15) is 4.79 Å². The Morgan fingerprint density at radius 3 is 2.39 bits per heavy atom. The van der Waals surface area contributed by atoms with Crippen LogP contribution in [0.25, 0.3) is 0 Å². The molecule has 1 N–H and O–H groups in total. The molecule has 3 aliphatic rings. The summed E-state index contributed by atoms with van der Waals surface area (Å²) in [6, 6.07) is 10.2. The van der Waals surface area contributed by atoms with Gasteiger partial charge < -0.3 is 24.4 Å². The summed E-state index contributed by atoms with van der Waals surface area (Å²) in [6.07, 6.45) is 8.89. The van der Waals surface area contributed by atoms with Gasteiger partial charge in [0, 0.05) is 19.0 Å². The zero-order chi connectivity index (χ0) is 22.9. The summed E-state index contributed by atoms with van der Waals surface area (Å²) in [5.41, 5.74) is 4.00. The number of rotatable bonds is 5. The highest BCUT2D eigenvalue weighted by Gasteiger charge is 2.40. The van der Waals surface area contributed by atoms with Crippen molar-refractivity contribution in [2.75, 3.05) is 39.7 Å². The lowest BCUT2D eigenvalue weighted by molar-refractivity contribution is 0.0725. The molecule has 5 rings (SSSR count). The van der Waals surface area contributed by atoms with Gasteiger partial charge in [-0.1, -0.05) is 24.3 Å². The van der Waals surface area contributed by atoms with E-state index in [1.165, 1.54) is 12.0 Å². The Bertz CT molecular complexity index is 1050. The van der Waals surface area contributed by atoms with Crippen LogP contribution < -0.4 is 19.5 Å². The molecule has 174 valence electrons. The number of ether oxygens (including phenoxy) is 3. The Morgan fingerprint density at radius 1 is 1.00 bits per heavy atom. The average Bonchev–Trinajstić information content (AvgIpc) is 3.37. The summed E-state index contributed by atoms with van der Waals surface area (Å²) in [5.74, 6) is 2.60. The largest absolute Gasteiger partial charge is 0.493 e. The zero-order valence-corrected chi connectivity index (χ0v) is 19.6. The predicted octanol–water partition coefficient (Wildman–Crippen LogP) is 5.17. The minimum Gasteiger partial charge on any atom is -0.493 e. The summed E-state index contributed by atoms with van der Waals surface area (Å²) in [7, 11) is 4.89. The molecule has 0 aromatic heterocycles. The molecule has 1 aliphatic carbocycles. The Labute approximate surface area is 195 Å². The van der Waals surface area contributed by atoms with Gasteiger partial charge in [0.2, 0.25) is 5.75 Å². The first-order valence-electron chi connectivity index (χ1n) is 11.8. The van der Waals surface area contributed by atoms with Gasteiger partial charge in [0.1, 0.15) is 0 Å². The number of hydrogen-bond acceptors (Lipinski definition) is 5. The number of hydrogen-bond donors (Lipinski definition) is 1. The summed E-state index contributed by atoms with van der Waals surface area (Å²) in [4.78, 5) is 15.5. The maximum atomic E-state index is 13.5. The standard InChI is InChI=1S/C27H32N2O4/c1-31-22-15-17(16-23(32-2)26(22)33-3)24-19-10-7-9-18(19)20-11-8-12-21(25(20)28-24)27(30)29-13-5-4-6-14-29/h7-9,11-12,15-16,18-19,24,28H,4-6,10,13-14H2,1-3H3. The summed E-state index contributed by atoms with van der Waals surface area (Å²) < 4.78 is 16.8. The Morgan fingerprint density at radius 2 is 1.73 bits per heavy atom. The van der Waals surface area contributed by atoms with Crippen molar-refractivity contribution in [3.8, 4) is 17.2 Å². The first kappa shape index (κ1) is 21.7. The zero-order valence-electron chi connectivity index (χ0n) is 19.6. The van der Waals surface area contributed by atoms with Crippen LogP contribution in [-0.2, 0) is 0 Å². The maximum Gasteiger partial charge on any atom is 0.255 e. The van der Waals surface area contributed by atoms with Crippen molar-refractivity contribution < 1.29 is 19.0 Å². The number of piperidine rings is 1. The Balaban J connectivity index is 1.57. The van der Waals surface area contributed by atoms with Crippen LogP contribution in [-0.4, -0.2) is 45.2 Å². The molecule has 3 atom stereocenters. The highest BCUT2D eigenvalue weighted by molar-refractivity contribution is 6.01. The smallest absolute Gasteiger partial charge is 0.255 e. The van der Waals surface area contributed by atoms with E-state index < -0.39 is 0 Å². The fourth-order valence-electron chi connectivity index (χ4n) is 5.68. The van der Waals surface area contributed by atoms with E-state index in [0.717, 1.165) is 49.2 Å². The second-order valence-electron chi connectivity index (χ2n) is 9.06. The van der Waals surface area contributed by atoms with Crippen LogP contribution in [0.3, 0.4) is 0 Å². The monoisotopic (exact) mass is 448 g/mol. The van der Waals surface area contributed by atoms with Crippen molar-refractivity contribution in [1.29, 1.82) is 0 Å². The number of nitrogens with zero attached hydrogens (tertiary/aromatic N) is 1. The van der Waals surface area contributed by atoms with E-state index in [2.05, 4.69) is 23.5 Å². The molecule has 1 saturated heterocycles. The molecule has 2 heterocycles. The highest BCUT2D eigenvalue weighted by Crippen LogP contribution is 2.52. The van der Waals surface area contributed by atoms with Crippen molar-refractivity contribution in [3.05, 3.63) is 59.2 Å². The number of allylic oxidation sites excluding steroid dienone is 2. The average molecular weight is 449 g/mol. The maximum absolute atomic E-state index is 13.5. The van der Waals surface area contributed by atoms with E-state index in [4.69, 9.17) is 14.2 Å². The van der Waals surface area contributed by atoms with Crippen molar-refractivity contribution in [1.82, 2.24) is 4.90 Å². The lowest BCUT2D eigenvalue weighted by atomic mass is 9.76. The van der Waals surface area contributed by atoms with E-state index in [1.807, 2.05) is 29.2 Å². The number of methoxy groups -OCH3 is 3. The van der Waals surface area contributed by atoms with Gasteiger partial charge in [-0.25, -0.2) is 0 Å². The fraction of sp³-hybridized carbons (Fsp3) is 0.444. The predicted molar refractivity (Wildman–Crippen MR) is 129 cm³/mol. The molecule has 2 aromatic rings. The SMILES string of the molecule is COc1cc(C2Nc3c(C(=O)N4CCCCC4)cccc3C3C=CCC32)cc(OC)c1OC. The van der Waals surface area contributed by atoms with Gasteiger partial charge in [-0.05, 0) is 60.9 Å². The third kappa shape index (κ3) is 3.71. The van der Waals surface area contributed by atoms with E-state index in [-0.39, 0.29) is 17.9 Å². The van der Waals surface area contributed by atoms with Gasteiger partial charge in [0.25, 0.3) is 5.91 Å². The number of carbonyl (C=O) groups is 1. The molecule has 1 fully saturated rings. The topological polar surface area (TPSA) is 60.0 Å². The number of carbonyl (C=O) groups excluding carboxylic acids is 1. The van der Waals surface area contributed by atoms with Crippen LogP contribution in [0.5, 0.6) is 17.2 Å². The Kier molecular flexibility index (Phi) is 5.92. The van der Waals surface area contributed by atoms with E-state index in [1.54, 1.807) is 21.3 Å². The van der Waals surface area contributed by atoms with Crippen LogP contribution in [0.1, 0.15) is 59.1 Å². The van der Waals surface area contributed by atoms with Gasteiger partial charge in [0.15, 0.2) is 11.5 Å². The molecule has 3 unspecified atom stereocenters. The number of benzene rings is 2. The number of likely N-dealkylation sites (tertiary alicyclic amines) is 1.